The van der Waals surface area contributed by atoms with Crippen molar-refractivity contribution in [3.63, 3.8) is 0 Å². The van der Waals surface area contributed by atoms with Crippen LogP contribution in [0.1, 0.15) is 12.8 Å². The first kappa shape index (κ1) is 20.2. The van der Waals surface area contributed by atoms with Gasteiger partial charge in [-0.25, -0.2) is 8.42 Å². The first-order valence-corrected chi connectivity index (χ1v) is 8.91. The Balaban J connectivity index is 0.00000264. The number of benzene rings is 1. The van der Waals surface area contributed by atoms with E-state index < -0.39 is 10.0 Å². The van der Waals surface area contributed by atoms with Crippen LogP contribution in [-0.4, -0.2) is 59.2 Å². The number of halogens is 1. The van der Waals surface area contributed by atoms with Gasteiger partial charge in [0.2, 0.25) is 10.0 Å². The van der Waals surface area contributed by atoms with E-state index in [1.54, 1.807) is 35.7 Å². The highest BCUT2D eigenvalue weighted by Gasteiger charge is 2.28. The molecule has 1 saturated heterocycles. The highest BCUT2D eigenvalue weighted by molar-refractivity contribution is 7.89. The molecule has 132 valence electrons. The van der Waals surface area contributed by atoms with Gasteiger partial charge in [-0.1, -0.05) is 0 Å². The highest BCUT2D eigenvalue weighted by Crippen LogP contribution is 2.22. The molecule has 1 aromatic rings. The minimum Gasteiger partial charge on any atom is -0.491 e. The molecular formula is C15H25ClN2O4S. The minimum atomic E-state index is -3.41. The molecule has 0 aromatic heterocycles. The fourth-order valence-corrected chi connectivity index (χ4v) is 3.95. The lowest BCUT2D eigenvalue weighted by Gasteiger charge is -2.31. The van der Waals surface area contributed by atoms with Crippen LogP contribution in [0.5, 0.6) is 5.75 Å². The number of sulfonamides is 1. The zero-order chi connectivity index (χ0) is 16.0. The van der Waals surface area contributed by atoms with Crippen molar-refractivity contribution in [3.05, 3.63) is 24.3 Å². The van der Waals surface area contributed by atoms with Crippen LogP contribution in [0.25, 0.3) is 0 Å². The van der Waals surface area contributed by atoms with Crippen LogP contribution in [0.2, 0.25) is 0 Å². The van der Waals surface area contributed by atoms with Gasteiger partial charge in [-0.05, 0) is 44.2 Å². The number of nitrogens with one attached hydrogen (secondary N) is 1. The van der Waals surface area contributed by atoms with Crippen molar-refractivity contribution in [2.24, 2.45) is 0 Å². The second-order valence-electron chi connectivity index (χ2n) is 5.28. The molecule has 2 rings (SSSR count). The molecule has 1 fully saturated rings. The molecule has 0 spiro atoms. The predicted octanol–water partition coefficient (Wildman–Crippen LogP) is 1.51. The minimum absolute atomic E-state index is 0. The summed E-state index contributed by atoms with van der Waals surface area (Å²) in [4.78, 5) is 0.314. The molecule has 0 aliphatic carbocycles. The Kier molecular flexibility index (Phi) is 8.28. The van der Waals surface area contributed by atoms with Crippen molar-refractivity contribution >= 4 is 22.4 Å². The zero-order valence-corrected chi connectivity index (χ0v) is 15.2. The summed E-state index contributed by atoms with van der Waals surface area (Å²) >= 11 is 0. The summed E-state index contributed by atoms with van der Waals surface area (Å²) in [6, 6.07) is 6.97. The quantitative estimate of drug-likeness (QED) is 0.743. The smallest absolute Gasteiger partial charge is 0.243 e. The van der Waals surface area contributed by atoms with E-state index in [-0.39, 0.29) is 12.4 Å². The van der Waals surface area contributed by atoms with Gasteiger partial charge in [0.05, 0.1) is 11.5 Å². The topological polar surface area (TPSA) is 67.9 Å². The normalized spacial score (nSPS) is 16.8. The Morgan fingerprint density at radius 3 is 2.30 bits per heavy atom. The van der Waals surface area contributed by atoms with Crippen molar-refractivity contribution in [3.8, 4) is 5.75 Å². The third kappa shape index (κ3) is 5.32. The van der Waals surface area contributed by atoms with Gasteiger partial charge < -0.3 is 14.8 Å². The Bertz CT molecular complexity index is 557. The molecule has 1 aliphatic rings. The molecule has 1 aliphatic heterocycles. The van der Waals surface area contributed by atoms with Gasteiger partial charge in [0.15, 0.2) is 0 Å². The van der Waals surface area contributed by atoms with Crippen LogP contribution in [0.15, 0.2) is 29.2 Å². The molecule has 23 heavy (non-hydrogen) atoms. The lowest BCUT2D eigenvalue weighted by molar-refractivity contribution is 0.146. The number of piperidine rings is 1. The van der Waals surface area contributed by atoms with E-state index in [9.17, 15) is 8.42 Å². The van der Waals surface area contributed by atoms with Crippen LogP contribution >= 0.6 is 12.4 Å². The van der Waals surface area contributed by atoms with Gasteiger partial charge in [-0.2, -0.15) is 4.31 Å². The van der Waals surface area contributed by atoms with E-state index in [0.717, 1.165) is 12.8 Å². The van der Waals surface area contributed by atoms with E-state index in [2.05, 4.69) is 5.32 Å². The second-order valence-corrected chi connectivity index (χ2v) is 7.22. The first-order valence-electron chi connectivity index (χ1n) is 7.47. The van der Waals surface area contributed by atoms with Crippen molar-refractivity contribution < 1.29 is 17.9 Å². The number of ether oxygens (including phenoxy) is 2. The summed E-state index contributed by atoms with van der Waals surface area (Å²) in [6.45, 7) is 2.06. The zero-order valence-electron chi connectivity index (χ0n) is 13.5. The molecule has 0 amide bonds. The standard InChI is InChI=1S/C15H24N2O4S.ClH/c1-16-13-7-9-17(10-8-13)22(18,19)15-5-3-14(4-6-15)21-12-11-20-2;/h3-6,13,16H,7-12H2,1-2H3;1H. The fourth-order valence-electron chi connectivity index (χ4n) is 2.48. The van der Waals surface area contributed by atoms with E-state index in [1.807, 2.05) is 7.05 Å². The molecule has 1 N–H and O–H groups in total. The van der Waals surface area contributed by atoms with Gasteiger partial charge >= 0.3 is 0 Å². The van der Waals surface area contributed by atoms with Gasteiger partial charge in [0, 0.05) is 26.2 Å². The fraction of sp³-hybridized carbons (Fsp3) is 0.600. The number of methoxy groups -OCH3 is 1. The average Bonchev–Trinajstić information content (AvgIpc) is 2.55. The van der Waals surface area contributed by atoms with Crippen LogP contribution in [0.4, 0.5) is 0 Å². The summed E-state index contributed by atoms with van der Waals surface area (Å²) in [5.41, 5.74) is 0. The first-order chi connectivity index (χ1) is 10.6. The summed E-state index contributed by atoms with van der Waals surface area (Å²) in [7, 11) is 0.111. The van der Waals surface area contributed by atoms with Crippen LogP contribution in [-0.2, 0) is 14.8 Å². The number of hydrogen-bond acceptors (Lipinski definition) is 5. The van der Waals surface area contributed by atoms with E-state index in [4.69, 9.17) is 9.47 Å². The second kappa shape index (κ2) is 9.44. The third-order valence-corrected chi connectivity index (χ3v) is 5.79. The molecule has 0 bridgehead atoms. The highest BCUT2D eigenvalue weighted by atomic mass is 35.5. The maximum Gasteiger partial charge on any atom is 0.243 e. The molecule has 8 heteroatoms. The van der Waals surface area contributed by atoms with Crippen molar-refractivity contribution in [2.45, 2.75) is 23.8 Å². The van der Waals surface area contributed by atoms with Crippen LogP contribution < -0.4 is 10.1 Å². The molecular weight excluding hydrogens is 340 g/mol. The molecule has 0 radical (unpaired) electrons. The van der Waals surface area contributed by atoms with Gasteiger partial charge in [-0.15, -0.1) is 12.4 Å². The largest absolute Gasteiger partial charge is 0.491 e. The summed E-state index contributed by atoms with van der Waals surface area (Å²) in [5, 5.41) is 3.20. The molecule has 6 nitrogen and oxygen atoms in total. The van der Waals surface area contributed by atoms with Crippen molar-refractivity contribution in [1.29, 1.82) is 0 Å². The Labute approximate surface area is 144 Å². The number of hydrogen-bond donors (Lipinski definition) is 1. The van der Waals surface area contributed by atoms with Gasteiger partial charge in [0.1, 0.15) is 12.4 Å². The molecule has 0 unspecified atom stereocenters. The average molecular weight is 365 g/mol. The maximum absolute atomic E-state index is 12.6. The summed E-state index contributed by atoms with van der Waals surface area (Å²) in [6.07, 6.45) is 1.68. The Morgan fingerprint density at radius 1 is 1.17 bits per heavy atom. The van der Waals surface area contributed by atoms with Crippen LogP contribution in [0, 0.1) is 0 Å². The number of rotatable bonds is 7. The maximum atomic E-state index is 12.6. The van der Waals surface area contributed by atoms with E-state index in [0.29, 0.717) is 43.0 Å². The van der Waals surface area contributed by atoms with Crippen molar-refractivity contribution in [2.75, 3.05) is 40.5 Å². The Hall–Kier alpha value is -0.860. The van der Waals surface area contributed by atoms with Gasteiger partial charge in [-0.3, -0.25) is 0 Å². The molecule has 0 atom stereocenters. The summed E-state index contributed by atoms with van der Waals surface area (Å²) in [5.74, 6) is 0.643. The predicted molar refractivity (Wildman–Crippen MR) is 91.9 cm³/mol. The Morgan fingerprint density at radius 2 is 1.78 bits per heavy atom. The van der Waals surface area contributed by atoms with Gasteiger partial charge in [0.25, 0.3) is 0 Å². The molecule has 0 saturated carbocycles. The van der Waals surface area contributed by atoms with E-state index in [1.165, 1.54) is 0 Å². The third-order valence-electron chi connectivity index (χ3n) is 3.88. The molecule has 1 aromatic carbocycles. The SMILES string of the molecule is CNC1CCN(S(=O)(=O)c2ccc(OCCOC)cc2)CC1.Cl. The van der Waals surface area contributed by atoms with Crippen molar-refractivity contribution in [1.82, 2.24) is 9.62 Å². The lowest BCUT2D eigenvalue weighted by atomic mass is 10.1. The van der Waals surface area contributed by atoms with Crippen LogP contribution in [0.3, 0.4) is 0 Å². The van der Waals surface area contributed by atoms with E-state index >= 15 is 0 Å². The summed E-state index contributed by atoms with van der Waals surface area (Å²) < 4.78 is 37.1. The lowest BCUT2D eigenvalue weighted by Crippen LogP contribution is -2.43. The number of nitrogens with zero attached hydrogens (tertiary/aromatic N) is 1. The monoisotopic (exact) mass is 364 g/mol. The molecule has 1 heterocycles.